The van der Waals surface area contributed by atoms with Crippen molar-refractivity contribution in [3.63, 3.8) is 0 Å². The normalized spacial score (nSPS) is 11.8. The molecule has 0 aliphatic rings. The fraction of sp³-hybridized carbons (Fsp3) is 0.455. The Bertz CT molecular complexity index is 396. The summed E-state index contributed by atoms with van der Waals surface area (Å²) in [7, 11) is -3.36. The van der Waals surface area contributed by atoms with Gasteiger partial charge in [-0.25, -0.2) is 4.39 Å². The SMILES string of the molecule is CCOP(=O)(OCC)c1ccc(C)c(F)c1. The predicted molar refractivity (Wildman–Crippen MR) is 61.6 cm³/mol. The van der Waals surface area contributed by atoms with Crippen molar-refractivity contribution in [1.29, 1.82) is 0 Å². The highest BCUT2D eigenvalue weighted by molar-refractivity contribution is 7.62. The standard InChI is InChI=1S/C11H16FO3P/c1-4-14-16(13,15-5-2)10-7-6-9(3)11(12)8-10/h6-8H,4-5H2,1-3H3. The van der Waals surface area contributed by atoms with Crippen LogP contribution in [0.15, 0.2) is 18.2 Å². The van der Waals surface area contributed by atoms with E-state index in [0.29, 0.717) is 5.56 Å². The summed E-state index contributed by atoms with van der Waals surface area (Å²) >= 11 is 0. The Labute approximate surface area is 95.1 Å². The molecule has 0 saturated heterocycles. The van der Waals surface area contributed by atoms with Gasteiger partial charge in [-0.05, 0) is 38.5 Å². The summed E-state index contributed by atoms with van der Waals surface area (Å²) in [5, 5.41) is 0.263. The smallest absolute Gasteiger partial charge is 0.305 e. The van der Waals surface area contributed by atoms with Crippen molar-refractivity contribution < 1.29 is 18.0 Å². The van der Waals surface area contributed by atoms with E-state index < -0.39 is 13.4 Å². The first kappa shape index (κ1) is 13.4. The molecule has 0 atom stereocenters. The summed E-state index contributed by atoms with van der Waals surface area (Å²) in [5.41, 5.74) is 0.503. The van der Waals surface area contributed by atoms with Gasteiger partial charge in [-0.15, -0.1) is 0 Å². The minimum Gasteiger partial charge on any atom is -0.305 e. The number of benzene rings is 1. The van der Waals surface area contributed by atoms with Crippen LogP contribution in [0.3, 0.4) is 0 Å². The van der Waals surface area contributed by atoms with Crippen molar-refractivity contribution in [3.8, 4) is 0 Å². The number of halogens is 1. The summed E-state index contributed by atoms with van der Waals surface area (Å²) in [6.45, 7) is 5.59. The fourth-order valence-corrected chi connectivity index (χ4v) is 2.86. The molecular formula is C11H16FO3P. The molecule has 0 heterocycles. The summed E-state index contributed by atoms with van der Waals surface area (Å²) in [5.74, 6) is -0.405. The van der Waals surface area contributed by atoms with E-state index in [1.165, 1.54) is 6.07 Å². The second-order valence-electron chi connectivity index (χ2n) is 3.27. The van der Waals surface area contributed by atoms with Gasteiger partial charge in [0, 0.05) is 0 Å². The lowest BCUT2D eigenvalue weighted by atomic mass is 10.2. The molecule has 0 aliphatic heterocycles. The molecule has 0 fully saturated rings. The van der Waals surface area contributed by atoms with Crippen LogP contribution < -0.4 is 5.30 Å². The molecule has 16 heavy (non-hydrogen) atoms. The molecule has 0 unspecified atom stereocenters. The van der Waals surface area contributed by atoms with Gasteiger partial charge >= 0.3 is 7.60 Å². The second-order valence-corrected chi connectivity index (χ2v) is 5.29. The van der Waals surface area contributed by atoms with Gasteiger partial charge in [0.25, 0.3) is 0 Å². The minimum absolute atomic E-state index is 0.257. The maximum Gasteiger partial charge on any atom is 0.361 e. The highest BCUT2D eigenvalue weighted by Crippen LogP contribution is 2.46. The Morgan fingerprint density at radius 1 is 1.25 bits per heavy atom. The zero-order valence-corrected chi connectivity index (χ0v) is 10.6. The van der Waals surface area contributed by atoms with Gasteiger partial charge in [0.2, 0.25) is 0 Å². The van der Waals surface area contributed by atoms with E-state index in [-0.39, 0.29) is 18.5 Å². The largest absolute Gasteiger partial charge is 0.361 e. The number of hydrogen-bond acceptors (Lipinski definition) is 3. The molecule has 1 aromatic carbocycles. The Kier molecular flexibility index (Phi) is 4.66. The first-order chi connectivity index (χ1) is 7.53. The van der Waals surface area contributed by atoms with Gasteiger partial charge in [0.05, 0.1) is 18.5 Å². The van der Waals surface area contributed by atoms with E-state index in [9.17, 15) is 8.96 Å². The van der Waals surface area contributed by atoms with Crippen molar-refractivity contribution in [1.82, 2.24) is 0 Å². The van der Waals surface area contributed by atoms with Crippen molar-refractivity contribution in [2.75, 3.05) is 13.2 Å². The maximum absolute atomic E-state index is 13.4. The maximum atomic E-state index is 13.4. The molecule has 90 valence electrons. The van der Waals surface area contributed by atoms with Crippen LogP contribution in [0.1, 0.15) is 19.4 Å². The van der Waals surface area contributed by atoms with E-state index in [4.69, 9.17) is 9.05 Å². The van der Waals surface area contributed by atoms with Crippen molar-refractivity contribution in [3.05, 3.63) is 29.6 Å². The van der Waals surface area contributed by atoms with Crippen molar-refractivity contribution in [2.45, 2.75) is 20.8 Å². The van der Waals surface area contributed by atoms with Crippen LogP contribution in [-0.2, 0) is 13.6 Å². The topological polar surface area (TPSA) is 35.5 Å². The lowest BCUT2D eigenvalue weighted by molar-refractivity contribution is 0.230. The summed E-state index contributed by atoms with van der Waals surface area (Å²) in [6.07, 6.45) is 0. The molecule has 0 radical (unpaired) electrons. The number of rotatable bonds is 5. The zero-order chi connectivity index (χ0) is 12.2. The van der Waals surface area contributed by atoms with Crippen LogP contribution >= 0.6 is 7.60 Å². The highest BCUT2D eigenvalue weighted by atomic mass is 31.2. The van der Waals surface area contributed by atoms with E-state index in [2.05, 4.69) is 0 Å². The average molecular weight is 246 g/mol. The monoisotopic (exact) mass is 246 g/mol. The van der Waals surface area contributed by atoms with Crippen molar-refractivity contribution in [2.24, 2.45) is 0 Å². The molecule has 3 nitrogen and oxygen atoms in total. The molecule has 0 amide bonds. The Hall–Kier alpha value is -0.700. The van der Waals surface area contributed by atoms with Crippen LogP contribution in [0.25, 0.3) is 0 Å². The zero-order valence-electron chi connectivity index (χ0n) is 9.70. The van der Waals surface area contributed by atoms with Crippen LogP contribution in [0.2, 0.25) is 0 Å². The van der Waals surface area contributed by atoms with Gasteiger partial charge < -0.3 is 9.05 Å². The molecule has 0 saturated carbocycles. The van der Waals surface area contributed by atoms with Gasteiger partial charge in [0.15, 0.2) is 0 Å². The molecule has 0 spiro atoms. The summed E-state index contributed by atoms with van der Waals surface area (Å²) in [6, 6.07) is 4.35. The number of aryl methyl sites for hydroxylation is 1. The van der Waals surface area contributed by atoms with Gasteiger partial charge in [-0.3, -0.25) is 4.57 Å². The molecule has 1 rings (SSSR count). The first-order valence-corrected chi connectivity index (χ1v) is 6.73. The quantitative estimate of drug-likeness (QED) is 0.749. The molecule has 0 bridgehead atoms. The van der Waals surface area contributed by atoms with E-state index in [1.54, 1.807) is 32.9 Å². The highest BCUT2D eigenvalue weighted by Gasteiger charge is 2.27. The van der Waals surface area contributed by atoms with E-state index >= 15 is 0 Å². The van der Waals surface area contributed by atoms with Gasteiger partial charge in [0.1, 0.15) is 5.82 Å². The van der Waals surface area contributed by atoms with E-state index in [0.717, 1.165) is 0 Å². The second kappa shape index (κ2) is 5.58. The van der Waals surface area contributed by atoms with E-state index in [1.807, 2.05) is 0 Å². The lowest BCUT2D eigenvalue weighted by Gasteiger charge is -2.17. The lowest BCUT2D eigenvalue weighted by Crippen LogP contribution is -2.11. The molecule has 0 aromatic heterocycles. The molecule has 0 aliphatic carbocycles. The van der Waals surface area contributed by atoms with Crippen LogP contribution in [0, 0.1) is 12.7 Å². The molecule has 1 aromatic rings. The Morgan fingerprint density at radius 2 is 1.81 bits per heavy atom. The molecular weight excluding hydrogens is 230 g/mol. The fourth-order valence-electron chi connectivity index (χ4n) is 1.28. The van der Waals surface area contributed by atoms with Gasteiger partial charge in [-0.1, -0.05) is 6.07 Å². The number of hydrogen-bond donors (Lipinski definition) is 0. The third-order valence-electron chi connectivity index (χ3n) is 2.07. The van der Waals surface area contributed by atoms with Gasteiger partial charge in [-0.2, -0.15) is 0 Å². The molecule has 0 N–H and O–H groups in total. The first-order valence-electron chi connectivity index (χ1n) is 5.19. The molecule has 5 heteroatoms. The third kappa shape index (κ3) is 2.91. The Balaban J connectivity index is 3.11. The third-order valence-corrected chi connectivity index (χ3v) is 4.18. The van der Waals surface area contributed by atoms with Crippen LogP contribution in [0.4, 0.5) is 4.39 Å². The van der Waals surface area contributed by atoms with Crippen LogP contribution in [-0.4, -0.2) is 13.2 Å². The summed E-state index contributed by atoms with van der Waals surface area (Å²) in [4.78, 5) is 0. The van der Waals surface area contributed by atoms with Crippen LogP contribution in [0.5, 0.6) is 0 Å². The summed E-state index contributed by atoms with van der Waals surface area (Å²) < 4.78 is 35.9. The minimum atomic E-state index is -3.36. The van der Waals surface area contributed by atoms with Crippen molar-refractivity contribution >= 4 is 12.9 Å². The average Bonchev–Trinajstić information content (AvgIpc) is 2.22. The predicted octanol–water partition coefficient (Wildman–Crippen LogP) is 3.03. The Morgan fingerprint density at radius 3 is 2.25 bits per heavy atom.